The summed E-state index contributed by atoms with van der Waals surface area (Å²) < 4.78 is 15.6. The van der Waals surface area contributed by atoms with Crippen LogP contribution < -0.4 is 0 Å². The Hall–Kier alpha value is -2.08. The van der Waals surface area contributed by atoms with Gasteiger partial charge in [0.05, 0.1) is 13.2 Å². The van der Waals surface area contributed by atoms with Crippen LogP contribution in [-0.4, -0.2) is 43.3 Å². The highest BCUT2D eigenvalue weighted by Gasteiger charge is 2.33. The Balaban J connectivity index is 2.24. The lowest BCUT2D eigenvalue weighted by Crippen LogP contribution is -2.36. The van der Waals surface area contributed by atoms with Crippen molar-refractivity contribution in [1.29, 1.82) is 0 Å². The van der Waals surface area contributed by atoms with Crippen LogP contribution in [0.1, 0.15) is 56.9 Å². The van der Waals surface area contributed by atoms with Crippen LogP contribution >= 0.6 is 0 Å². The Bertz CT molecular complexity index is 622. The summed E-state index contributed by atoms with van der Waals surface area (Å²) in [7, 11) is 2.80. The number of hydrogen-bond donors (Lipinski definition) is 0. The van der Waals surface area contributed by atoms with Gasteiger partial charge in [-0.3, -0.25) is 0 Å². The molecule has 1 amide bonds. The third-order valence-corrected chi connectivity index (χ3v) is 4.13. The molecule has 1 heterocycles. The second kappa shape index (κ2) is 7.87. The van der Waals surface area contributed by atoms with Gasteiger partial charge in [-0.15, -0.1) is 0 Å². The average Bonchev–Trinajstić information content (AvgIpc) is 3.04. The summed E-state index contributed by atoms with van der Waals surface area (Å²) in [5, 5.41) is 0. The summed E-state index contributed by atoms with van der Waals surface area (Å²) in [6, 6.07) is 7.48. The zero-order chi connectivity index (χ0) is 18.6. The van der Waals surface area contributed by atoms with Crippen molar-refractivity contribution < 1.29 is 23.8 Å². The van der Waals surface area contributed by atoms with Gasteiger partial charge in [0, 0.05) is 13.7 Å². The number of methoxy groups -OCH3 is 2. The fraction of sp³-hybridized carbons (Fsp3) is 0.579. The number of carbonyl (C=O) groups excluding carboxylic acids is 2. The molecular formula is C19H27NO5. The summed E-state index contributed by atoms with van der Waals surface area (Å²) in [6.07, 6.45) is 0.690. The first kappa shape index (κ1) is 19.2. The highest BCUT2D eigenvalue weighted by Crippen LogP contribution is 2.34. The molecule has 1 aliphatic rings. The van der Waals surface area contributed by atoms with Crippen LogP contribution in [0, 0.1) is 0 Å². The van der Waals surface area contributed by atoms with Crippen LogP contribution in [0.2, 0.25) is 0 Å². The summed E-state index contributed by atoms with van der Waals surface area (Å²) in [4.78, 5) is 26.1. The maximum absolute atomic E-state index is 12.5. The lowest BCUT2D eigenvalue weighted by Gasteiger charge is -2.29. The van der Waals surface area contributed by atoms with E-state index in [1.807, 2.05) is 45.0 Å². The largest absolute Gasteiger partial charge is 0.467 e. The van der Waals surface area contributed by atoms with Crippen LogP contribution in [0.25, 0.3) is 0 Å². The Labute approximate surface area is 149 Å². The number of carbonyl (C=O) groups is 2. The number of nitrogens with zero attached hydrogens (tertiary/aromatic N) is 1. The van der Waals surface area contributed by atoms with Gasteiger partial charge in [-0.2, -0.15) is 0 Å². The van der Waals surface area contributed by atoms with Crippen molar-refractivity contribution in [1.82, 2.24) is 4.90 Å². The van der Waals surface area contributed by atoms with Gasteiger partial charge in [-0.05, 0) is 44.7 Å². The van der Waals surface area contributed by atoms with Crippen molar-refractivity contribution >= 4 is 12.1 Å². The Morgan fingerprint density at radius 1 is 1.24 bits per heavy atom. The normalized spacial score (nSPS) is 18.8. The molecule has 1 aliphatic heterocycles. The molecule has 1 unspecified atom stereocenters. The lowest BCUT2D eigenvalue weighted by atomic mass is 9.99. The number of likely N-dealkylation sites (tertiary alicyclic amines) is 1. The average molecular weight is 349 g/mol. The third kappa shape index (κ3) is 4.72. The predicted molar refractivity (Wildman–Crippen MR) is 93.1 cm³/mol. The minimum atomic E-state index is -0.777. The molecule has 1 saturated heterocycles. The first-order chi connectivity index (χ1) is 11.8. The monoisotopic (exact) mass is 349 g/mol. The first-order valence-electron chi connectivity index (χ1n) is 8.47. The van der Waals surface area contributed by atoms with Crippen molar-refractivity contribution in [3.05, 3.63) is 35.4 Å². The maximum Gasteiger partial charge on any atom is 0.410 e. The van der Waals surface area contributed by atoms with Gasteiger partial charge in [0.25, 0.3) is 0 Å². The van der Waals surface area contributed by atoms with E-state index in [0.717, 1.165) is 18.4 Å². The fourth-order valence-corrected chi connectivity index (χ4v) is 3.06. The van der Waals surface area contributed by atoms with E-state index in [-0.39, 0.29) is 12.1 Å². The van der Waals surface area contributed by atoms with Gasteiger partial charge in [0.15, 0.2) is 6.10 Å². The molecule has 0 bridgehead atoms. The molecule has 0 aliphatic carbocycles. The van der Waals surface area contributed by atoms with Gasteiger partial charge in [-0.1, -0.05) is 24.3 Å². The Kier molecular flexibility index (Phi) is 6.06. The number of hydrogen-bond acceptors (Lipinski definition) is 5. The summed E-state index contributed by atoms with van der Waals surface area (Å²) >= 11 is 0. The molecule has 0 spiro atoms. The molecule has 2 atom stereocenters. The van der Waals surface area contributed by atoms with Crippen LogP contribution in [-0.2, 0) is 19.0 Å². The lowest BCUT2D eigenvalue weighted by molar-refractivity contribution is -0.152. The molecule has 6 heteroatoms. The van der Waals surface area contributed by atoms with Gasteiger partial charge >= 0.3 is 12.1 Å². The standard InChI is InChI=1S/C19H27NO5/c1-19(2,3)25-18(22)20-11-7-10-15(20)13-8-6-9-14(12-13)16(23-4)17(21)24-5/h6,8-9,12,15-16H,7,10-11H2,1-5H3/t15?,16-/m0/s1. The van der Waals surface area contributed by atoms with E-state index in [4.69, 9.17) is 14.2 Å². The van der Waals surface area contributed by atoms with Crippen molar-refractivity contribution in [2.75, 3.05) is 20.8 Å². The van der Waals surface area contributed by atoms with Gasteiger partial charge in [0.1, 0.15) is 5.60 Å². The van der Waals surface area contributed by atoms with Gasteiger partial charge < -0.3 is 19.1 Å². The zero-order valence-corrected chi connectivity index (χ0v) is 15.6. The topological polar surface area (TPSA) is 65.1 Å². The van der Waals surface area contributed by atoms with E-state index in [9.17, 15) is 9.59 Å². The summed E-state index contributed by atoms with van der Waals surface area (Å²) in [6.45, 7) is 6.23. The highest BCUT2D eigenvalue weighted by atomic mass is 16.6. The van der Waals surface area contributed by atoms with Crippen molar-refractivity contribution in [2.24, 2.45) is 0 Å². The molecule has 1 fully saturated rings. The Morgan fingerprint density at radius 2 is 1.96 bits per heavy atom. The van der Waals surface area contributed by atoms with E-state index in [2.05, 4.69) is 0 Å². The number of esters is 1. The SMILES string of the molecule is COC(=O)[C@@H](OC)c1cccc(C2CCCN2C(=O)OC(C)(C)C)c1. The summed E-state index contributed by atoms with van der Waals surface area (Å²) in [5.74, 6) is -0.449. The van der Waals surface area contributed by atoms with Crippen LogP contribution in [0.15, 0.2) is 24.3 Å². The zero-order valence-electron chi connectivity index (χ0n) is 15.6. The molecule has 2 rings (SSSR count). The second-order valence-electron chi connectivity index (χ2n) is 7.14. The van der Waals surface area contributed by atoms with E-state index < -0.39 is 17.7 Å². The molecular weight excluding hydrogens is 322 g/mol. The van der Waals surface area contributed by atoms with Crippen LogP contribution in [0.5, 0.6) is 0 Å². The van der Waals surface area contributed by atoms with Gasteiger partial charge in [0.2, 0.25) is 0 Å². The van der Waals surface area contributed by atoms with E-state index in [1.54, 1.807) is 4.90 Å². The molecule has 25 heavy (non-hydrogen) atoms. The van der Waals surface area contributed by atoms with Crippen molar-refractivity contribution in [3.8, 4) is 0 Å². The predicted octanol–water partition coefficient (Wildman–Crippen LogP) is 3.62. The molecule has 0 radical (unpaired) electrons. The summed E-state index contributed by atoms with van der Waals surface area (Å²) in [5.41, 5.74) is 1.15. The van der Waals surface area contributed by atoms with Gasteiger partial charge in [-0.25, -0.2) is 9.59 Å². The van der Waals surface area contributed by atoms with Crippen molar-refractivity contribution in [3.63, 3.8) is 0 Å². The van der Waals surface area contributed by atoms with Crippen molar-refractivity contribution in [2.45, 2.75) is 51.4 Å². The Morgan fingerprint density at radius 3 is 2.56 bits per heavy atom. The minimum Gasteiger partial charge on any atom is -0.467 e. The van der Waals surface area contributed by atoms with Crippen LogP contribution in [0.4, 0.5) is 4.79 Å². The number of benzene rings is 1. The second-order valence-corrected chi connectivity index (χ2v) is 7.14. The highest BCUT2D eigenvalue weighted by molar-refractivity contribution is 5.76. The van der Waals surface area contributed by atoms with Crippen LogP contribution in [0.3, 0.4) is 0 Å². The molecule has 0 N–H and O–H groups in total. The molecule has 1 aromatic rings. The smallest absolute Gasteiger partial charge is 0.410 e. The number of ether oxygens (including phenoxy) is 3. The number of amides is 1. The van der Waals surface area contributed by atoms with E-state index in [1.165, 1.54) is 14.2 Å². The molecule has 138 valence electrons. The molecule has 0 saturated carbocycles. The van der Waals surface area contributed by atoms with E-state index in [0.29, 0.717) is 12.1 Å². The van der Waals surface area contributed by atoms with E-state index >= 15 is 0 Å². The molecule has 6 nitrogen and oxygen atoms in total. The fourth-order valence-electron chi connectivity index (χ4n) is 3.06. The minimum absolute atomic E-state index is 0.0649. The third-order valence-electron chi connectivity index (χ3n) is 4.13. The number of rotatable bonds is 4. The first-order valence-corrected chi connectivity index (χ1v) is 8.47. The maximum atomic E-state index is 12.5. The molecule has 0 aromatic heterocycles. The quantitative estimate of drug-likeness (QED) is 0.777. The molecule has 1 aromatic carbocycles.